The first-order valence-electron chi connectivity index (χ1n) is 9.00. The molecule has 9 nitrogen and oxygen atoms in total. The van der Waals surface area contributed by atoms with Crippen molar-refractivity contribution in [3.05, 3.63) is 46.1 Å². The van der Waals surface area contributed by atoms with Crippen molar-refractivity contribution in [2.24, 2.45) is 7.05 Å². The zero-order chi connectivity index (χ0) is 20.1. The van der Waals surface area contributed by atoms with Crippen molar-refractivity contribution in [2.75, 3.05) is 0 Å². The summed E-state index contributed by atoms with van der Waals surface area (Å²) in [7, 11) is -2.96. The summed E-state index contributed by atoms with van der Waals surface area (Å²) in [6.45, 7) is 0. The molecule has 1 heterocycles. The normalized spacial score (nSPS) is 17.8. The average Bonchev–Trinajstić information content (AvgIpc) is 3.31. The Hall–Kier alpha value is -2.88. The zero-order valence-corrected chi connectivity index (χ0v) is 16.0. The molecule has 1 aromatic heterocycles. The van der Waals surface area contributed by atoms with Crippen LogP contribution in [0.3, 0.4) is 0 Å². The van der Waals surface area contributed by atoms with E-state index in [1.54, 1.807) is 0 Å². The van der Waals surface area contributed by atoms with Gasteiger partial charge in [0.2, 0.25) is 0 Å². The second-order valence-corrected chi connectivity index (χ2v) is 8.77. The fraction of sp³-hybridized carbons (Fsp3) is 0.389. The van der Waals surface area contributed by atoms with Gasteiger partial charge in [0.25, 0.3) is 10.0 Å². The van der Waals surface area contributed by atoms with E-state index in [4.69, 9.17) is 5.11 Å². The molecule has 0 aliphatic heterocycles. The Morgan fingerprint density at radius 1 is 1.14 bits per heavy atom. The maximum Gasteiger partial charge on any atom is 0.354 e. The van der Waals surface area contributed by atoms with Gasteiger partial charge in [0.15, 0.2) is 5.03 Å². The first-order valence-corrected chi connectivity index (χ1v) is 10.5. The Morgan fingerprint density at radius 2 is 1.86 bits per heavy atom. The fourth-order valence-electron chi connectivity index (χ4n) is 3.97. The molecule has 2 amide bonds. The molecule has 0 saturated heterocycles. The van der Waals surface area contributed by atoms with Crippen LogP contribution in [0.5, 0.6) is 0 Å². The molecule has 2 aliphatic rings. The first-order chi connectivity index (χ1) is 13.2. The van der Waals surface area contributed by atoms with Crippen LogP contribution in [0.1, 0.15) is 51.6 Å². The van der Waals surface area contributed by atoms with Gasteiger partial charge in [0, 0.05) is 13.1 Å². The standard InChI is InChI=1S/C18H20N4O5S/c1-22-15(17(23)24)9-16(20-22)28(26,27)21-18(25)19-14-6-5-12-7-10-3-2-4-11(10)8-13(12)14/h7-9,14H,2-6H2,1H3,(H,23,24)(H2,19,21,25). The Morgan fingerprint density at radius 3 is 2.54 bits per heavy atom. The van der Waals surface area contributed by atoms with Crippen LogP contribution >= 0.6 is 0 Å². The van der Waals surface area contributed by atoms with Gasteiger partial charge in [-0.1, -0.05) is 12.1 Å². The molecule has 1 aromatic carbocycles. The number of sulfonamides is 1. The van der Waals surface area contributed by atoms with Crippen molar-refractivity contribution < 1.29 is 23.1 Å². The summed E-state index contributed by atoms with van der Waals surface area (Å²) in [6.07, 6.45) is 4.79. The topological polar surface area (TPSA) is 130 Å². The molecule has 2 aromatic rings. The van der Waals surface area contributed by atoms with Gasteiger partial charge in [-0.15, -0.1) is 0 Å². The summed E-state index contributed by atoms with van der Waals surface area (Å²) in [5, 5.41) is 14.9. The van der Waals surface area contributed by atoms with E-state index in [9.17, 15) is 18.0 Å². The SMILES string of the molecule is Cn1nc(S(=O)(=O)NC(=O)NC2CCc3cc4c(cc32)CCC4)cc1C(=O)O. The van der Waals surface area contributed by atoms with Gasteiger partial charge in [-0.3, -0.25) is 4.68 Å². The van der Waals surface area contributed by atoms with E-state index in [0.717, 1.165) is 42.0 Å². The summed E-state index contributed by atoms with van der Waals surface area (Å²) in [5.41, 5.74) is 4.62. The number of benzene rings is 1. The molecule has 2 aliphatic carbocycles. The van der Waals surface area contributed by atoms with E-state index in [-0.39, 0.29) is 11.7 Å². The molecule has 3 N–H and O–H groups in total. The number of hydrogen-bond acceptors (Lipinski definition) is 5. The summed E-state index contributed by atoms with van der Waals surface area (Å²) in [5.74, 6) is -1.31. The third-order valence-electron chi connectivity index (χ3n) is 5.32. The summed E-state index contributed by atoms with van der Waals surface area (Å²) in [6, 6.07) is 4.12. The molecule has 0 bridgehead atoms. The first kappa shape index (κ1) is 18.5. The Labute approximate surface area is 161 Å². The quantitative estimate of drug-likeness (QED) is 0.704. The molecule has 0 radical (unpaired) electrons. The van der Waals surface area contributed by atoms with E-state index in [2.05, 4.69) is 22.5 Å². The van der Waals surface area contributed by atoms with E-state index < -0.39 is 27.0 Å². The highest BCUT2D eigenvalue weighted by atomic mass is 32.2. The molecule has 1 atom stereocenters. The lowest BCUT2D eigenvalue weighted by Crippen LogP contribution is -2.40. The molecule has 0 fully saturated rings. The highest BCUT2D eigenvalue weighted by molar-refractivity contribution is 7.90. The molecule has 0 spiro atoms. The number of aryl methyl sites for hydroxylation is 4. The zero-order valence-electron chi connectivity index (χ0n) is 15.2. The molecule has 4 rings (SSSR count). The Balaban J connectivity index is 1.48. The molecule has 148 valence electrons. The number of aromatic carboxylic acids is 1. The summed E-state index contributed by atoms with van der Waals surface area (Å²) in [4.78, 5) is 23.4. The van der Waals surface area contributed by atoms with Crippen LogP contribution in [0, 0.1) is 0 Å². The number of nitrogens with one attached hydrogen (secondary N) is 2. The second kappa shape index (κ2) is 6.62. The van der Waals surface area contributed by atoms with E-state index in [1.165, 1.54) is 23.7 Å². The van der Waals surface area contributed by atoms with Gasteiger partial charge in [0.05, 0.1) is 6.04 Å². The number of fused-ring (bicyclic) bond motifs is 2. The predicted octanol–water partition coefficient (Wildman–Crippen LogP) is 1.28. The highest BCUT2D eigenvalue weighted by Crippen LogP contribution is 2.36. The summed E-state index contributed by atoms with van der Waals surface area (Å²) < 4.78 is 27.6. The van der Waals surface area contributed by atoms with Crippen LogP contribution in [0.15, 0.2) is 23.2 Å². The van der Waals surface area contributed by atoms with Gasteiger partial charge in [-0.2, -0.15) is 13.5 Å². The minimum absolute atomic E-state index is 0.255. The van der Waals surface area contributed by atoms with E-state index >= 15 is 0 Å². The van der Waals surface area contributed by atoms with Crippen molar-refractivity contribution in [3.63, 3.8) is 0 Å². The number of carbonyl (C=O) groups is 2. The number of carboxylic acid groups (broad SMARTS) is 1. The third-order valence-corrected chi connectivity index (χ3v) is 6.52. The van der Waals surface area contributed by atoms with Crippen LogP contribution in [-0.4, -0.2) is 35.3 Å². The number of rotatable bonds is 4. The van der Waals surface area contributed by atoms with Gasteiger partial charge in [0.1, 0.15) is 5.69 Å². The lowest BCUT2D eigenvalue weighted by molar-refractivity contribution is 0.0685. The second-order valence-electron chi connectivity index (χ2n) is 7.14. The summed E-state index contributed by atoms with van der Waals surface area (Å²) >= 11 is 0. The number of nitrogens with zero attached hydrogens (tertiary/aromatic N) is 2. The maximum absolute atomic E-state index is 12.4. The van der Waals surface area contributed by atoms with Crippen molar-refractivity contribution >= 4 is 22.0 Å². The highest BCUT2D eigenvalue weighted by Gasteiger charge is 2.29. The molecular weight excluding hydrogens is 384 g/mol. The van der Waals surface area contributed by atoms with Gasteiger partial charge < -0.3 is 10.4 Å². The van der Waals surface area contributed by atoms with Crippen molar-refractivity contribution in [1.82, 2.24) is 19.8 Å². The Kier molecular flexibility index (Phi) is 4.37. The van der Waals surface area contributed by atoms with Crippen LogP contribution in [0.4, 0.5) is 4.79 Å². The van der Waals surface area contributed by atoms with Crippen molar-refractivity contribution in [2.45, 2.75) is 43.2 Å². The maximum atomic E-state index is 12.4. The van der Waals surface area contributed by atoms with Crippen LogP contribution in [0.25, 0.3) is 0 Å². The smallest absolute Gasteiger partial charge is 0.354 e. The molecular formula is C18H20N4O5S. The number of carbonyl (C=O) groups excluding carboxylic acids is 1. The van der Waals surface area contributed by atoms with Crippen molar-refractivity contribution in [1.29, 1.82) is 0 Å². The average molecular weight is 404 g/mol. The lowest BCUT2D eigenvalue weighted by Gasteiger charge is -2.15. The third kappa shape index (κ3) is 3.24. The van der Waals surface area contributed by atoms with Crippen LogP contribution < -0.4 is 10.0 Å². The van der Waals surface area contributed by atoms with Gasteiger partial charge in [-0.05, 0) is 54.4 Å². The molecule has 28 heavy (non-hydrogen) atoms. The minimum atomic E-state index is -4.28. The molecule has 10 heteroatoms. The Bertz CT molecular complexity index is 1090. The number of urea groups is 1. The minimum Gasteiger partial charge on any atom is -0.477 e. The van der Waals surface area contributed by atoms with Crippen molar-refractivity contribution in [3.8, 4) is 0 Å². The van der Waals surface area contributed by atoms with Gasteiger partial charge >= 0.3 is 12.0 Å². The van der Waals surface area contributed by atoms with Crippen LogP contribution in [-0.2, 0) is 36.3 Å². The lowest BCUT2D eigenvalue weighted by atomic mass is 10.0. The largest absolute Gasteiger partial charge is 0.477 e. The number of carboxylic acids is 1. The molecule has 1 unspecified atom stereocenters. The monoisotopic (exact) mass is 404 g/mol. The van der Waals surface area contributed by atoms with E-state index in [0.29, 0.717) is 6.42 Å². The number of hydrogen-bond donors (Lipinski definition) is 3. The number of amides is 2. The molecule has 0 saturated carbocycles. The number of aromatic nitrogens is 2. The predicted molar refractivity (Wildman–Crippen MR) is 98.5 cm³/mol. The van der Waals surface area contributed by atoms with E-state index in [1.807, 2.05) is 4.72 Å². The fourth-order valence-corrected chi connectivity index (χ4v) is 4.88. The van der Waals surface area contributed by atoms with Crippen LogP contribution in [0.2, 0.25) is 0 Å². The van der Waals surface area contributed by atoms with Gasteiger partial charge in [-0.25, -0.2) is 14.3 Å².